The lowest BCUT2D eigenvalue weighted by atomic mass is 10.2. The van der Waals surface area contributed by atoms with Crippen LogP contribution in [0.3, 0.4) is 0 Å². The molecule has 9 heteroatoms. The first kappa shape index (κ1) is 19.0. The van der Waals surface area contributed by atoms with E-state index >= 15 is 0 Å². The Morgan fingerprint density at radius 3 is 2.68 bits per heavy atom. The second kappa shape index (κ2) is 8.38. The summed E-state index contributed by atoms with van der Waals surface area (Å²) in [6.07, 6.45) is 1.65. The van der Waals surface area contributed by atoms with Crippen LogP contribution in [0.25, 0.3) is 11.4 Å². The van der Waals surface area contributed by atoms with E-state index in [1.54, 1.807) is 22.6 Å². The largest absolute Gasteiger partial charge is 0.467 e. The van der Waals surface area contributed by atoms with E-state index in [1.165, 1.54) is 11.3 Å². The van der Waals surface area contributed by atoms with E-state index in [4.69, 9.17) is 16.0 Å². The summed E-state index contributed by atoms with van der Waals surface area (Å²) in [5.74, 6) is 2.29. The minimum atomic E-state index is 0.0667. The number of thioether (sulfide) groups is 1. The number of nitrogens with zero attached hydrogens (tertiary/aromatic N) is 4. The number of benzene rings is 1. The second-order valence-corrected chi connectivity index (χ2v) is 8.44. The Labute approximate surface area is 174 Å². The van der Waals surface area contributed by atoms with E-state index in [2.05, 4.69) is 10.2 Å². The molecule has 0 saturated carbocycles. The Kier molecular flexibility index (Phi) is 5.70. The molecule has 0 saturated heterocycles. The van der Waals surface area contributed by atoms with Gasteiger partial charge < -0.3 is 8.98 Å². The van der Waals surface area contributed by atoms with Gasteiger partial charge in [0, 0.05) is 34.0 Å². The summed E-state index contributed by atoms with van der Waals surface area (Å²) in [5.41, 5.74) is 1.91. The highest BCUT2D eigenvalue weighted by Crippen LogP contribution is 2.26. The monoisotopic (exact) mass is 432 g/mol. The van der Waals surface area contributed by atoms with Crippen molar-refractivity contribution in [2.75, 3.05) is 5.75 Å². The maximum absolute atomic E-state index is 11.9. The first-order valence-electron chi connectivity index (χ1n) is 8.61. The first-order chi connectivity index (χ1) is 13.6. The van der Waals surface area contributed by atoms with Crippen molar-refractivity contribution < 1.29 is 4.42 Å². The third-order valence-electron chi connectivity index (χ3n) is 4.24. The summed E-state index contributed by atoms with van der Waals surface area (Å²) in [5, 5.41) is 12.1. The summed E-state index contributed by atoms with van der Waals surface area (Å²) in [7, 11) is 0. The molecule has 3 aromatic heterocycles. The van der Waals surface area contributed by atoms with Crippen LogP contribution in [0.1, 0.15) is 11.5 Å². The van der Waals surface area contributed by atoms with Crippen LogP contribution in [0.2, 0.25) is 5.02 Å². The van der Waals surface area contributed by atoms with Crippen LogP contribution in [0.5, 0.6) is 0 Å². The van der Waals surface area contributed by atoms with E-state index < -0.39 is 0 Å². The summed E-state index contributed by atoms with van der Waals surface area (Å²) in [6, 6.07) is 11.3. The Morgan fingerprint density at radius 2 is 2.00 bits per heavy atom. The van der Waals surface area contributed by atoms with Crippen molar-refractivity contribution in [3.05, 3.63) is 74.2 Å². The molecular formula is C19H17ClN4O2S2. The van der Waals surface area contributed by atoms with E-state index in [0.29, 0.717) is 23.9 Å². The number of halogens is 1. The molecule has 3 heterocycles. The van der Waals surface area contributed by atoms with Crippen molar-refractivity contribution in [1.29, 1.82) is 0 Å². The van der Waals surface area contributed by atoms with Gasteiger partial charge in [0.15, 0.2) is 11.0 Å². The average molecular weight is 433 g/mol. The van der Waals surface area contributed by atoms with Gasteiger partial charge in [0.05, 0.1) is 12.8 Å². The lowest BCUT2D eigenvalue weighted by Gasteiger charge is -2.09. The quantitative estimate of drug-likeness (QED) is 0.400. The number of aryl methyl sites for hydroxylation is 1. The van der Waals surface area contributed by atoms with E-state index in [1.807, 2.05) is 53.3 Å². The van der Waals surface area contributed by atoms with E-state index in [0.717, 1.165) is 28.0 Å². The fourth-order valence-electron chi connectivity index (χ4n) is 2.81. The minimum absolute atomic E-state index is 0.0667. The average Bonchev–Trinajstić information content (AvgIpc) is 3.41. The first-order valence-corrected chi connectivity index (χ1v) is 10.9. The van der Waals surface area contributed by atoms with Crippen LogP contribution in [0.15, 0.2) is 62.4 Å². The summed E-state index contributed by atoms with van der Waals surface area (Å²) < 4.78 is 9.32. The van der Waals surface area contributed by atoms with Crippen LogP contribution in [-0.2, 0) is 13.1 Å². The maximum Gasteiger partial charge on any atom is 0.307 e. The van der Waals surface area contributed by atoms with Crippen molar-refractivity contribution in [1.82, 2.24) is 19.3 Å². The molecule has 28 heavy (non-hydrogen) atoms. The van der Waals surface area contributed by atoms with Gasteiger partial charge in [-0.25, -0.2) is 0 Å². The zero-order chi connectivity index (χ0) is 19.5. The molecule has 0 amide bonds. The Morgan fingerprint density at radius 1 is 1.18 bits per heavy atom. The van der Waals surface area contributed by atoms with E-state index in [9.17, 15) is 4.79 Å². The van der Waals surface area contributed by atoms with Crippen molar-refractivity contribution in [2.45, 2.75) is 25.2 Å². The normalized spacial score (nSPS) is 11.2. The molecule has 1 aromatic carbocycles. The van der Waals surface area contributed by atoms with Crippen LogP contribution < -0.4 is 4.87 Å². The van der Waals surface area contributed by atoms with Gasteiger partial charge in [-0.1, -0.05) is 34.7 Å². The fraction of sp³-hybridized carbons (Fsp3) is 0.211. The molecule has 0 spiro atoms. The van der Waals surface area contributed by atoms with Crippen LogP contribution >= 0.6 is 34.7 Å². The molecule has 0 unspecified atom stereocenters. The van der Waals surface area contributed by atoms with Crippen LogP contribution in [-0.4, -0.2) is 25.1 Å². The zero-order valence-corrected chi connectivity index (χ0v) is 17.4. The number of hydrogen-bond acceptors (Lipinski definition) is 6. The van der Waals surface area contributed by atoms with Gasteiger partial charge in [-0.3, -0.25) is 9.36 Å². The molecule has 0 N–H and O–H groups in total. The van der Waals surface area contributed by atoms with Gasteiger partial charge >= 0.3 is 4.87 Å². The molecule has 4 rings (SSSR count). The van der Waals surface area contributed by atoms with Crippen LogP contribution in [0.4, 0.5) is 0 Å². The molecule has 6 nitrogen and oxygen atoms in total. The topological polar surface area (TPSA) is 65.8 Å². The molecule has 0 aliphatic carbocycles. The second-order valence-electron chi connectivity index (χ2n) is 6.12. The smallest absolute Gasteiger partial charge is 0.307 e. The predicted octanol–water partition coefficient (Wildman–Crippen LogP) is 4.56. The molecule has 0 radical (unpaired) electrons. The Hall–Kier alpha value is -2.29. The minimum Gasteiger partial charge on any atom is -0.467 e. The number of aromatic nitrogens is 4. The van der Waals surface area contributed by atoms with Gasteiger partial charge in [-0.05, 0) is 43.3 Å². The highest BCUT2D eigenvalue weighted by atomic mass is 35.5. The summed E-state index contributed by atoms with van der Waals surface area (Å²) >= 11 is 8.81. The zero-order valence-electron chi connectivity index (χ0n) is 15.0. The molecule has 0 atom stereocenters. The SMILES string of the molecule is Cc1csc(=O)n1CCSc1nnc(-c2ccc(Cl)cc2)n1Cc1ccco1. The van der Waals surface area contributed by atoms with Crippen molar-refractivity contribution in [3.8, 4) is 11.4 Å². The standard InChI is InChI=1S/C19H17ClN4O2S2/c1-13-12-28-19(25)23(13)8-10-27-18-22-21-17(14-4-6-15(20)7-5-14)24(18)11-16-3-2-9-26-16/h2-7,9,12H,8,10-11H2,1H3. The fourth-order valence-corrected chi connectivity index (χ4v) is 4.56. The molecule has 0 fully saturated rings. The lowest BCUT2D eigenvalue weighted by Crippen LogP contribution is -2.16. The van der Waals surface area contributed by atoms with Crippen molar-refractivity contribution >= 4 is 34.7 Å². The maximum atomic E-state index is 11.9. The van der Waals surface area contributed by atoms with Crippen molar-refractivity contribution in [2.24, 2.45) is 0 Å². The number of hydrogen-bond donors (Lipinski definition) is 0. The summed E-state index contributed by atoms with van der Waals surface area (Å²) in [4.78, 5) is 12.0. The highest BCUT2D eigenvalue weighted by molar-refractivity contribution is 7.99. The lowest BCUT2D eigenvalue weighted by molar-refractivity contribution is 0.485. The third-order valence-corrected chi connectivity index (χ3v) is 6.32. The van der Waals surface area contributed by atoms with Gasteiger partial charge in [-0.2, -0.15) is 0 Å². The van der Waals surface area contributed by atoms with E-state index in [-0.39, 0.29) is 4.87 Å². The van der Waals surface area contributed by atoms with Crippen molar-refractivity contribution in [3.63, 3.8) is 0 Å². The Bertz CT molecular complexity index is 1110. The molecule has 4 aromatic rings. The highest BCUT2D eigenvalue weighted by Gasteiger charge is 2.16. The number of rotatable bonds is 7. The molecule has 0 bridgehead atoms. The van der Waals surface area contributed by atoms with Gasteiger partial charge in [-0.15, -0.1) is 10.2 Å². The molecular weight excluding hydrogens is 416 g/mol. The number of thiazole rings is 1. The molecule has 0 aliphatic rings. The predicted molar refractivity (Wildman–Crippen MR) is 112 cm³/mol. The van der Waals surface area contributed by atoms with Gasteiger partial charge in [0.25, 0.3) is 0 Å². The van der Waals surface area contributed by atoms with Gasteiger partial charge in [0.2, 0.25) is 0 Å². The molecule has 144 valence electrons. The number of furan rings is 1. The Balaban J connectivity index is 1.59. The third kappa shape index (κ3) is 4.09. The van der Waals surface area contributed by atoms with Gasteiger partial charge in [0.1, 0.15) is 5.76 Å². The van der Waals surface area contributed by atoms with Crippen LogP contribution in [0, 0.1) is 6.92 Å². The summed E-state index contributed by atoms with van der Waals surface area (Å²) in [6.45, 7) is 3.10. The molecule has 0 aliphatic heterocycles.